The molecule has 2 bridgehead atoms. The first-order chi connectivity index (χ1) is 5.16. The van der Waals surface area contributed by atoms with Gasteiger partial charge in [-0.25, -0.2) is 0 Å². The molecule has 0 amide bonds. The average Bonchev–Trinajstić information content (AvgIpc) is 2.12. The summed E-state index contributed by atoms with van der Waals surface area (Å²) in [5.41, 5.74) is 6.21. The minimum atomic E-state index is -0.269. The van der Waals surface area contributed by atoms with Crippen molar-refractivity contribution >= 4 is 23.6 Å². The molecule has 3 aliphatic rings. The summed E-state index contributed by atoms with van der Waals surface area (Å²) in [6, 6.07) is 0.965. The zero-order valence-electron chi connectivity index (χ0n) is 6.19. The van der Waals surface area contributed by atoms with Crippen LogP contribution in [0.25, 0.3) is 0 Å². The van der Waals surface area contributed by atoms with Crippen LogP contribution in [0.4, 0.5) is 0 Å². The summed E-state index contributed by atoms with van der Waals surface area (Å²) in [7, 11) is 0. The third-order valence-corrected chi connectivity index (χ3v) is 2.81. The van der Waals surface area contributed by atoms with Gasteiger partial charge in [0.05, 0.1) is 12.1 Å². The Balaban J connectivity index is 2.12. The Kier molecular flexibility index (Phi) is 2.02. The van der Waals surface area contributed by atoms with Crippen molar-refractivity contribution in [1.29, 1.82) is 0 Å². The second-order valence-corrected chi connectivity index (χ2v) is 4.51. The van der Waals surface area contributed by atoms with Crippen LogP contribution in [0.15, 0.2) is 0 Å². The molecule has 3 fully saturated rings. The molecule has 2 heterocycles. The molecule has 2 aliphatic heterocycles. The fourth-order valence-electron chi connectivity index (χ4n) is 1.85. The third-order valence-electron chi connectivity index (χ3n) is 2.42. The van der Waals surface area contributed by atoms with E-state index in [0.29, 0.717) is 12.1 Å². The number of hydrogen-bond acceptors (Lipinski definition) is 2. The van der Waals surface area contributed by atoms with E-state index < -0.39 is 0 Å². The Labute approximate surface area is 76.4 Å². The first-order valence-corrected chi connectivity index (χ1v) is 4.67. The van der Waals surface area contributed by atoms with E-state index in [-0.39, 0.29) is 3.74 Å². The molecule has 0 aromatic heterocycles. The van der Waals surface area contributed by atoms with Crippen LogP contribution in [-0.2, 0) is 0 Å². The predicted molar refractivity (Wildman–Crippen MR) is 44.3 cm³/mol. The highest BCUT2D eigenvalue weighted by molar-refractivity contribution is 6.22. The van der Waals surface area contributed by atoms with Gasteiger partial charge in [-0.15, -0.1) is 10.9 Å². The number of fused-ring (bicyclic) bond motifs is 4. The lowest BCUT2D eigenvalue weighted by atomic mass is 9.93. The van der Waals surface area contributed by atoms with Crippen molar-refractivity contribution in [2.45, 2.75) is 37.8 Å². The Morgan fingerprint density at radius 1 is 0.909 bits per heavy atom. The lowest BCUT2D eigenvalue weighted by Gasteiger charge is -2.18. The Hall–Kier alpha value is 0.460. The average molecular weight is 197 g/mol. The SMILES string of the molecule is Cl[N+]1(Cl)NC2CCC(CC2)N1. The molecule has 2 N–H and O–H groups in total. The molecule has 0 atom stereocenters. The predicted octanol–water partition coefficient (Wildman–Crippen LogP) is 1.44. The zero-order valence-corrected chi connectivity index (χ0v) is 7.70. The van der Waals surface area contributed by atoms with Crippen molar-refractivity contribution in [3.05, 3.63) is 0 Å². The highest BCUT2D eigenvalue weighted by Crippen LogP contribution is 2.27. The van der Waals surface area contributed by atoms with Gasteiger partial charge in [0, 0.05) is 3.74 Å². The Bertz CT molecular complexity index is 138. The molecule has 1 saturated carbocycles. The lowest BCUT2D eigenvalue weighted by Crippen LogP contribution is -2.54. The van der Waals surface area contributed by atoms with Gasteiger partial charge in [0.15, 0.2) is 0 Å². The van der Waals surface area contributed by atoms with Gasteiger partial charge in [0.25, 0.3) is 0 Å². The van der Waals surface area contributed by atoms with Crippen LogP contribution in [0.5, 0.6) is 0 Å². The van der Waals surface area contributed by atoms with Crippen LogP contribution in [0.2, 0.25) is 0 Å². The van der Waals surface area contributed by atoms with Crippen LogP contribution >= 0.6 is 23.6 Å². The van der Waals surface area contributed by atoms with Crippen molar-refractivity contribution in [2.75, 3.05) is 0 Å². The number of nitrogens with one attached hydrogen (secondary N) is 2. The lowest BCUT2D eigenvalue weighted by molar-refractivity contribution is -0.796. The molecule has 64 valence electrons. The van der Waals surface area contributed by atoms with Gasteiger partial charge >= 0.3 is 0 Å². The smallest absolute Gasteiger partial charge is 0.108 e. The molecule has 11 heavy (non-hydrogen) atoms. The van der Waals surface area contributed by atoms with E-state index in [0.717, 1.165) is 0 Å². The van der Waals surface area contributed by atoms with Gasteiger partial charge in [0.1, 0.15) is 0 Å². The molecule has 0 unspecified atom stereocenters. The van der Waals surface area contributed by atoms with E-state index in [1.165, 1.54) is 25.7 Å². The van der Waals surface area contributed by atoms with E-state index in [4.69, 9.17) is 23.6 Å². The maximum Gasteiger partial charge on any atom is 0.235 e. The number of quaternary nitrogens is 1. The van der Waals surface area contributed by atoms with Crippen molar-refractivity contribution in [3.63, 3.8) is 0 Å². The topological polar surface area (TPSA) is 24.1 Å². The second kappa shape index (κ2) is 2.75. The first kappa shape index (κ1) is 8.08. The van der Waals surface area contributed by atoms with Gasteiger partial charge in [-0.1, -0.05) is 0 Å². The second-order valence-electron chi connectivity index (χ2n) is 3.32. The summed E-state index contributed by atoms with van der Waals surface area (Å²) < 4.78 is -0.269. The summed E-state index contributed by atoms with van der Waals surface area (Å²) in [6.45, 7) is 0. The number of halogens is 2. The molecule has 0 radical (unpaired) electrons. The molecule has 0 aromatic rings. The number of hydrogen-bond donors (Lipinski definition) is 2. The summed E-state index contributed by atoms with van der Waals surface area (Å²) >= 11 is 11.8. The monoisotopic (exact) mass is 196 g/mol. The standard InChI is InChI=1S/C6H12Cl2N3/c7-11(8)9-5-1-2-6(10-11)4-3-5/h5-6,9-10H,1-4H2/q+1. The summed E-state index contributed by atoms with van der Waals surface area (Å²) in [4.78, 5) is 0. The van der Waals surface area contributed by atoms with Crippen LogP contribution < -0.4 is 10.9 Å². The Morgan fingerprint density at radius 3 is 1.64 bits per heavy atom. The number of nitrogens with zero attached hydrogens (tertiary/aromatic N) is 1. The fraction of sp³-hybridized carbons (Fsp3) is 1.00. The summed E-state index contributed by atoms with van der Waals surface area (Å²) in [5.74, 6) is 0. The summed E-state index contributed by atoms with van der Waals surface area (Å²) in [6.07, 6.45) is 4.71. The molecular weight excluding hydrogens is 185 g/mol. The van der Waals surface area contributed by atoms with E-state index in [1.54, 1.807) is 0 Å². The van der Waals surface area contributed by atoms with Crippen LogP contribution in [0.3, 0.4) is 0 Å². The van der Waals surface area contributed by atoms with E-state index in [9.17, 15) is 0 Å². The maximum atomic E-state index is 5.89. The van der Waals surface area contributed by atoms with Crippen molar-refractivity contribution < 1.29 is 3.74 Å². The Morgan fingerprint density at radius 2 is 1.27 bits per heavy atom. The van der Waals surface area contributed by atoms with Gasteiger partial charge in [-0.3, -0.25) is 0 Å². The minimum absolute atomic E-state index is 0.269. The van der Waals surface area contributed by atoms with Crippen LogP contribution in [-0.4, -0.2) is 15.8 Å². The van der Waals surface area contributed by atoms with Gasteiger partial charge in [0.2, 0.25) is 23.6 Å². The highest BCUT2D eigenvalue weighted by atomic mass is 35.5. The molecule has 3 nitrogen and oxygen atoms in total. The minimum Gasteiger partial charge on any atom is -0.108 e. The molecule has 3 rings (SSSR count). The number of rotatable bonds is 0. The maximum absolute atomic E-state index is 5.89. The van der Waals surface area contributed by atoms with Gasteiger partial charge < -0.3 is 0 Å². The van der Waals surface area contributed by atoms with Gasteiger partial charge in [-0.2, -0.15) is 0 Å². The highest BCUT2D eigenvalue weighted by Gasteiger charge is 2.39. The molecular formula is C6H12Cl2N3+. The van der Waals surface area contributed by atoms with Crippen molar-refractivity contribution in [1.82, 2.24) is 10.9 Å². The first-order valence-electron chi connectivity index (χ1n) is 4.00. The molecule has 2 saturated heterocycles. The zero-order chi connectivity index (χ0) is 7.90. The van der Waals surface area contributed by atoms with Crippen molar-refractivity contribution in [3.8, 4) is 0 Å². The molecule has 0 aromatic carbocycles. The van der Waals surface area contributed by atoms with E-state index in [1.807, 2.05) is 0 Å². The summed E-state index contributed by atoms with van der Waals surface area (Å²) in [5, 5.41) is 0. The molecule has 0 spiro atoms. The van der Waals surface area contributed by atoms with E-state index in [2.05, 4.69) is 10.9 Å². The third kappa shape index (κ3) is 1.79. The molecule has 1 aliphatic carbocycles. The fourth-order valence-corrected chi connectivity index (χ4v) is 2.40. The normalized spacial score (nSPS) is 42.0. The quantitative estimate of drug-likeness (QED) is 0.574. The largest absolute Gasteiger partial charge is 0.235 e. The van der Waals surface area contributed by atoms with Gasteiger partial charge in [-0.05, 0) is 25.7 Å². The van der Waals surface area contributed by atoms with E-state index >= 15 is 0 Å². The molecule has 5 heteroatoms. The van der Waals surface area contributed by atoms with Crippen molar-refractivity contribution in [2.24, 2.45) is 0 Å². The van der Waals surface area contributed by atoms with Crippen LogP contribution in [0.1, 0.15) is 25.7 Å². The van der Waals surface area contributed by atoms with Crippen LogP contribution in [0, 0.1) is 0 Å².